The third kappa shape index (κ3) is 3.01. The fourth-order valence-electron chi connectivity index (χ4n) is 2.20. The van der Waals surface area contributed by atoms with E-state index in [0.29, 0.717) is 36.2 Å². The van der Waals surface area contributed by atoms with E-state index in [2.05, 4.69) is 10.1 Å². The molecule has 1 aliphatic rings. The molecule has 20 heavy (non-hydrogen) atoms. The number of hydrogen-bond acceptors (Lipinski definition) is 3. The van der Waals surface area contributed by atoms with Crippen molar-refractivity contribution in [2.45, 2.75) is 12.6 Å². The fraction of sp³-hybridized carbons (Fsp3) is 0.357. The average Bonchev–Trinajstić information content (AvgIpc) is 2.45. The Hall–Kier alpha value is -1.82. The minimum Gasteiger partial charge on any atom is -0.466 e. The van der Waals surface area contributed by atoms with Gasteiger partial charge in [-0.15, -0.1) is 0 Å². The van der Waals surface area contributed by atoms with Gasteiger partial charge in [0.2, 0.25) is 0 Å². The second kappa shape index (κ2) is 5.66. The summed E-state index contributed by atoms with van der Waals surface area (Å²) in [5.74, 6) is -0.510. The van der Waals surface area contributed by atoms with E-state index in [-0.39, 0.29) is 0 Å². The third-order valence-corrected chi connectivity index (χ3v) is 3.19. The van der Waals surface area contributed by atoms with Gasteiger partial charge >= 0.3 is 12.1 Å². The van der Waals surface area contributed by atoms with Gasteiger partial charge in [0.15, 0.2) is 0 Å². The molecule has 0 saturated heterocycles. The molecule has 1 aromatic carbocycles. The molecule has 1 heterocycles. The van der Waals surface area contributed by atoms with Gasteiger partial charge in [-0.05, 0) is 36.2 Å². The van der Waals surface area contributed by atoms with E-state index < -0.39 is 17.7 Å². The van der Waals surface area contributed by atoms with Gasteiger partial charge in [-0.1, -0.05) is 12.1 Å². The number of nitrogens with one attached hydrogen (secondary N) is 1. The molecule has 2 rings (SSSR count). The van der Waals surface area contributed by atoms with Crippen LogP contribution in [0.1, 0.15) is 17.5 Å². The summed E-state index contributed by atoms with van der Waals surface area (Å²) in [6.07, 6.45) is -3.90. The van der Waals surface area contributed by atoms with Gasteiger partial charge in [-0.3, -0.25) is 0 Å². The molecular formula is C14H14F3NO2. The highest BCUT2D eigenvalue weighted by Gasteiger charge is 2.31. The molecule has 0 unspecified atom stereocenters. The van der Waals surface area contributed by atoms with Crippen molar-refractivity contribution >= 4 is 11.5 Å². The van der Waals surface area contributed by atoms with Gasteiger partial charge in [-0.25, -0.2) is 4.79 Å². The number of methoxy groups -OCH3 is 1. The van der Waals surface area contributed by atoms with Crippen LogP contribution in [-0.4, -0.2) is 26.2 Å². The van der Waals surface area contributed by atoms with Gasteiger partial charge in [0.05, 0.1) is 18.2 Å². The molecular weight excluding hydrogens is 271 g/mol. The maximum absolute atomic E-state index is 12.7. The number of carbonyl (C=O) groups excluding carboxylic acids is 1. The van der Waals surface area contributed by atoms with Gasteiger partial charge in [0.25, 0.3) is 0 Å². The third-order valence-electron chi connectivity index (χ3n) is 3.19. The van der Waals surface area contributed by atoms with E-state index in [1.54, 1.807) is 6.07 Å². The van der Waals surface area contributed by atoms with Crippen LogP contribution in [0.2, 0.25) is 0 Å². The first kappa shape index (κ1) is 14.6. The lowest BCUT2D eigenvalue weighted by Gasteiger charge is -2.20. The van der Waals surface area contributed by atoms with Crippen LogP contribution in [0.3, 0.4) is 0 Å². The first-order valence-electron chi connectivity index (χ1n) is 6.12. The van der Waals surface area contributed by atoms with Crippen LogP contribution >= 0.6 is 0 Å². The molecule has 1 N–H and O–H groups in total. The van der Waals surface area contributed by atoms with Crippen LogP contribution in [0.25, 0.3) is 5.57 Å². The predicted octanol–water partition coefficient (Wildman–Crippen LogP) is 2.63. The molecule has 1 aliphatic heterocycles. The van der Waals surface area contributed by atoms with Gasteiger partial charge in [0.1, 0.15) is 0 Å². The predicted molar refractivity (Wildman–Crippen MR) is 67.9 cm³/mol. The summed E-state index contributed by atoms with van der Waals surface area (Å²) in [4.78, 5) is 11.7. The Morgan fingerprint density at radius 1 is 1.35 bits per heavy atom. The van der Waals surface area contributed by atoms with Gasteiger partial charge < -0.3 is 10.1 Å². The van der Waals surface area contributed by atoms with Crippen LogP contribution in [0.15, 0.2) is 29.8 Å². The zero-order valence-electron chi connectivity index (χ0n) is 10.9. The Kier molecular flexibility index (Phi) is 4.13. The monoisotopic (exact) mass is 285 g/mol. The highest BCUT2D eigenvalue weighted by molar-refractivity contribution is 5.98. The van der Waals surface area contributed by atoms with Crippen LogP contribution < -0.4 is 5.32 Å². The van der Waals surface area contributed by atoms with Gasteiger partial charge in [-0.2, -0.15) is 13.2 Å². The molecule has 3 nitrogen and oxygen atoms in total. The normalized spacial score (nSPS) is 16.2. The lowest BCUT2D eigenvalue weighted by atomic mass is 9.93. The second-order valence-electron chi connectivity index (χ2n) is 4.45. The summed E-state index contributed by atoms with van der Waals surface area (Å²) in [5.41, 5.74) is 0.701. The second-order valence-corrected chi connectivity index (χ2v) is 4.45. The maximum atomic E-state index is 12.7. The quantitative estimate of drug-likeness (QED) is 0.849. The van der Waals surface area contributed by atoms with Crippen molar-refractivity contribution in [3.05, 3.63) is 41.0 Å². The number of benzene rings is 1. The number of alkyl halides is 3. The summed E-state index contributed by atoms with van der Waals surface area (Å²) >= 11 is 0. The Labute approximate surface area is 114 Å². The Bertz CT molecular complexity index is 550. The number of hydrogen-bond donors (Lipinski definition) is 1. The molecule has 0 aliphatic carbocycles. The Morgan fingerprint density at radius 3 is 2.75 bits per heavy atom. The molecule has 1 aromatic rings. The van der Waals surface area contributed by atoms with E-state index in [0.717, 1.165) is 12.1 Å². The SMILES string of the molecule is COC(=O)C1=C(c2cccc(C(F)(F)F)c2)CCNC1. The highest BCUT2D eigenvalue weighted by atomic mass is 19.4. The number of esters is 1. The summed E-state index contributed by atoms with van der Waals surface area (Å²) < 4.78 is 42.9. The van der Waals surface area contributed by atoms with Crippen molar-refractivity contribution < 1.29 is 22.7 Å². The molecule has 0 spiro atoms. The van der Waals surface area contributed by atoms with Crippen LogP contribution in [0.5, 0.6) is 0 Å². The minimum atomic E-state index is -4.39. The van der Waals surface area contributed by atoms with Crippen molar-refractivity contribution in [2.24, 2.45) is 0 Å². The van der Waals surface area contributed by atoms with E-state index >= 15 is 0 Å². The zero-order valence-corrected chi connectivity index (χ0v) is 10.9. The Morgan fingerprint density at radius 2 is 2.10 bits per heavy atom. The van der Waals surface area contributed by atoms with Crippen molar-refractivity contribution in [2.75, 3.05) is 20.2 Å². The van der Waals surface area contributed by atoms with Crippen LogP contribution in [0, 0.1) is 0 Å². The van der Waals surface area contributed by atoms with Crippen molar-refractivity contribution in [1.82, 2.24) is 5.32 Å². The number of halogens is 3. The summed E-state index contributed by atoms with van der Waals surface area (Å²) in [5, 5.41) is 3.01. The minimum absolute atomic E-state index is 0.304. The van der Waals surface area contributed by atoms with Crippen molar-refractivity contribution in [1.29, 1.82) is 0 Å². The number of rotatable bonds is 2. The first-order valence-corrected chi connectivity index (χ1v) is 6.12. The molecule has 0 atom stereocenters. The summed E-state index contributed by atoms with van der Waals surface area (Å²) in [6, 6.07) is 5.02. The van der Waals surface area contributed by atoms with Crippen molar-refractivity contribution in [3.63, 3.8) is 0 Å². The molecule has 0 amide bonds. The molecule has 0 aromatic heterocycles. The zero-order chi connectivity index (χ0) is 14.8. The van der Waals surface area contributed by atoms with E-state index in [4.69, 9.17) is 0 Å². The van der Waals surface area contributed by atoms with Gasteiger partial charge in [0, 0.05) is 6.54 Å². The topological polar surface area (TPSA) is 38.3 Å². The first-order chi connectivity index (χ1) is 9.43. The average molecular weight is 285 g/mol. The van der Waals surface area contributed by atoms with E-state index in [1.165, 1.54) is 13.2 Å². The lowest BCUT2D eigenvalue weighted by Crippen LogP contribution is -2.29. The Balaban J connectivity index is 2.48. The summed E-state index contributed by atoms with van der Waals surface area (Å²) in [7, 11) is 1.26. The van der Waals surface area contributed by atoms with Crippen LogP contribution in [0.4, 0.5) is 13.2 Å². The molecule has 6 heteroatoms. The number of ether oxygens (including phenoxy) is 1. The van der Waals surface area contributed by atoms with Crippen molar-refractivity contribution in [3.8, 4) is 0 Å². The van der Waals surface area contributed by atoms with E-state index in [1.807, 2.05) is 0 Å². The molecule has 108 valence electrons. The maximum Gasteiger partial charge on any atom is 0.416 e. The fourth-order valence-corrected chi connectivity index (χ4v) is 2.20. The smallest absolute Gasteiger partial charge is 0.416 e. The standard InChI is InChI=1S/C14H14F3NO2/c1-20-13(19)12-8-18-6-5-11(12)9-3-2-4-10(7-9)14(15,16)17/h2-4,7,18H,5-6,8H2,1H3. The lowest BCUT2D eigenvalue weighted by molar-refractivity contribution is -0.137. The largest absolute Gasteiger partial charge is 0.466 e. The highest BCUT2D eigenvalue weighted by Crippen LogP contribution is 2.33. The molecule has 0 bridgehead atoms. The molecule has 0 radical (unpaired) electrons. The van der Waals surface area contributed by atoms with Crippen LogP contribution in [-0.2, 0) is 15.7 Å². The molecule has 0 fully saturated rings. The van der Waals surface area contributed by atoms with E-state index in [9.17, 15) is 18.0 Å². The molecule has 0 saturated carbocycles. The summed E-state index contributed by atoms with van der Waals surface area (Å²) in [6.45, 7) is 0.921. The number of carbonyl (C=O) groups is 1.